The van der Waals surface area contributed by atoms with Crippen molar-refractivity contribution < 1.29 is 4.65 Å². The molecule has 1 aliphatic heterocycles. The molecule has 1 fully saturated rings. The second kappa shape index (κ2) is 3.40. The van der Waals surface area contributed by atoms with E-state index in [2.05, 4.69) is 27.7 Å². The summed E-state index contributed by atoms with van der Waals surface area (Å²) in [4.78, 5) is 0. The van der Waals surface area contributed by atoms with Crippen molar-refractivity contribution in [3.8, 4) is 0 Å². The van der Waals surface area contributed by atoms with Gasteiger partial charge in [-0.2, -0.15) is 11.6 Å². The molecule has 0 aromatic rings. The van der Waals surface area contributed by atoms with Gasteiger partial charge < -0.3 is 4.65 Å². The van der Waals surface area contributed by atoms with Gasteiger partial charge in [0.1, 0.15) is 0 Å². The lowest BCUT2D eigenvalue weighted by Gasteiger charge is -2.33. The van der Waals surface area contributed by atoms with Gasteiger partial charge in [-0.25, -0.2) is 0 Å². The summed E-state index contributed by atoms with van der Waals surface area (Å²) in [6, 6.07) is 0. The first-order valence-electron chi connectivity index (χ1n) is 4.24. The first-order valence-corrected chi connectivity index (χ1v) is 5.29. The van der Waals surface area contributed by atoms with Gasteiger partial charge in [-0.15, -0.1) is 0 Å². The lowest BCUT2D eigenvalue weighted by molar-refractivity contribution is 0.198. The fraction of sp³-hybridized carbons (Fsp3) is 1.00. The Morgan fingerprint density at radius 3 is 2.45 bits per heavy atom. The quantitative estimate of drug-likeness (QED) is 0.562. The van der Waals surface area contributed by atoms with Crippen LogP contribution in [0.1, 0.15) is 27.7 Å². The molecule has 0 aromatic carbocycles. The zero-order chi connectivity index (χ0) is 8.48. The topological polar surface area (TPSA) is 9.23 Å². The Bertz CT molecular complexity index is 126. The molecular weight excluding hydrogens is 155 g/mol. The van der Waals surface area contributed by atoms with Crippen LogP contribution in [0.25, 0.3) is 0 Å². The molecule has 0 bridgehead atoms. The third-order valence-electron chi connectivity index (χ3n) is 1.82. The zero-order valence-corrected chi connectivity index (χ0v) is 8.70. The fourth-order valence-electron chi connectivity index (χ4n) is 1.09. The molecule has 0 spiro atoms. The third kappa shape index (κ3) is 2.71. The molecule has 1 rings (SSSR count). The normalized spacial score (nSPS) is 24.3. The molecular formula is C8H17BOS. The van der Waals surface area contributed by atoms with Gasteiger partial charge in [-0.1, -0.05) is 27.7 Å². The molecule has 1 nitrogen and oxygen atoms in total. The van der Waals surface area contributed by atoms with Gasteiger partial charge in [0, 0.05) is 6.61 Å². The Hall–Kier alpha value is 0.375. The zero-order valence-electron chi connectivity index (χ0n) is 7.89. The van der Waals surface area contributed by atoms with Crippen LogP contribution in [0.5, 0.6) is 0 Å². The Balaban J connectivity index is 2.36. The molecule has 1 aliphatic rings. The van der Waals surface area contributed by atoms with Crippen LogP contribution in [0.3, 0.4) is 0 Å². The van der Waals surface area contributed by atoms with E-state index in [0.29, 0.717) is 17.4 Å². The summed E-state index contributed by atoms with van der Waals surface area (Å²) in [5, 5.41) is 0. The highest BCUT2D eigenvalue weighted by molar-refractivity contribution is 8.25. The first kappa shape index (κ1) is 9.46. The van der Waals surface area contributed by atoms with Crippen molar-refractivity contribution in [1.82, 2.24) is 0 Å². The summed E-state index contributed by atoms with van der Waals surface area (Å²) in [7, 11) is 0. The predicted octanol–water partition coefficient (Wildman–Crippen LogP) is 2.67. The van der Waals surface area contributed by atoms with E-state index in [0.717, 1.165) is 6.61 Å². The number of hydrogen-bond acceptors (Lipinski definition) is 2. The summed E-state index contributed by atoms with van der Waals surface area (Å²) < 4.78 is 5.72. The maximum Gasteiger partial charge on any atom is 0.364 e. The van der Waals surface area contributed by atoms with Crippen LogP contribution in [0.15, 0.2) is 0 Å². The van der Waals surface area contributed by atoms with E-state index in [1.54, 1.807) is 0 Å². The predicted molar refractivity (Wildman–Crippen MR) is 53.0 cm³/mol. The summed E-state index contributed by atoms with van der Waals surface area (Å²) in [5.41, 5.74) is 0.385. The second-order valence-corrected chi connectivity index (χ2v) is 5.49. The highest BCUT2D eigenvalue weighted by Gasteiger charge is 2.32. The van der Waals surface area contributed by atoms with Crippen LogP contribution in [0.2, 0.25) is 5.82 Å². The monoisotopic (exact) mass is 172 g/mol. The molecule has 3 heteroatoms. The molecule has 64 valence electrons. The largest absolute Gasteiger partial charge is 0.425 e. The molecule has 1 saturated heterocycles. The van der Waals surface area contributed by atoms with Crippen molar-refractivity contribution in [3.63, 3.8) is 0 Å². The van der Waals surface area contributed by atoms with Crippen molar-refractivity contribution in [2.24, 2.45) is 5.41 Å². The van der Waals surface area contributed by atoms with Crippen LogP contribution in [0.4, 0.5) is 0 Å². The van der Waals surface area contributed by atoms with Gasteiger partial charge in [-0.05, 0) is 17.0 Å². The Morgan fingerprint density at radius 2 is 2.09 bits per heavy atom. The van der Waals surface area contributed by atoms with Gasteiger partial charge in [0.05, 0.1) is 0 Å². The lowest BCUT2D eigenvalue weighted by atomic mass is 9.80. The number of rotatable bonds is 1. The third-order valence-corrected chi connectivity index (χ3v) is 3.78. The van der Waals surface area contributed by atoms with Gasteiger partial charge in [0.15, 0.2) is 0 Å². The van der Waals surface area contributed by atoms with E-state index < -0.39 is 0 Å². The van der Waals surface area contributed by atoms with Crippen molar-refractivity contribution >= 4 is 17.8 Å². The van der Waals surface area contributed by atoms with E-state index in [4.69, 9.17) is 4.65 Å². The molecule has 1 heterocycles. The van der Waals surface area contributed by atoms with Gasteiger partial charge in [-0.3, -0.25) is 0 Å². The van der Waals surface area contributed by atoms with E-state index in [9.17, 15) is 0 Å². The van der Waals surface area contributed by atoms with Crippen molar-refractivity contribution in [1.29, 1.82) is 0 Å². The average Bonchev–Trinajstić information content (AvgIpc) is 1.86. The fourth-order valence-corrected chi connectivity index (χ4v) is 2.34. The van der Waals surface area contributed by atoms with Crippen molar-refractivity contribution in [2.75, 3.05) is 12.4 Å². The summed E-state index contributed by atoms with van der Waals surface area (Å²) in [6.07, 6.45) is 0.433. The molecule has 0 saturated carbocycles. The van der Waals surface area contributed by atoms with Gasteiger partial charge in [0.2, 0.25) is 0 Å². The highest BCUT2D eigenvalue weighted by atomic mass is 32.2. The Kier molecular flexibility index (Phi) is 2.93. The van der Waals surface area contributed by atoms with Crippen LogP contribution in [-0.4, -0.2) is 18.6 Å². The minimum absolute atomic E-state index is 0.385. The standard InChI is InChI=1S/C8H17BOS/c1-7(2)9-10-5-8(3,4)6-11-9/h7H,5-6H2,1-4H3. The smallest absolute Gasteiger partial charge is 0.364 e. The molecule has 0 aromatic heterocycles. The van der Waals surface area contributed by atoms with Crippen molar-refractivity contribution in [2.45, 2.75) is 33.5 Å². The maximum atomic E-state index is 5.72. The van der Waals surface area contributed by atoms with Gasteiger partial charge in [0.25, 0.3) is 0 Å². The first-order chi connectivity index (χ1) is 5.01. The van der Waals surface area contributed by atoms with Crippen molar-refractivity contribution in [3.05, 3.63) is 0 Å². The summed E-state index contributed by atoms with van der Waals surface area (Å²) >= 11 is 1.96. The summed E-state index contributed by atoms with van der Waals surface area (Å²) in [6.45, 7) is 9.88. The van der Waals surface area contributed by atoms with Crippen LogP contribution in [-0.2, 0) is 4.65 Å². The molecule has 0 amide bonds. The molecule has 0 aliphatic carbocycles. The number of hydrogen-bond donors (Lipinski definition) is 0. The molecule has 0 radical (unpaired) electrons. The van der Waals surface area contributed by atoms with Crippen LogP contribution >= 0.6 is 11.6 Å². The second-order valence-electron chi connectivity index (χ2n) is 4.40. The van der Waals surface area contributed by atoms with Gasteiger partial charge >= 0.3 is 6.19 Å². The lowest BCUT2D eigenvalue weighted by Crippen LogP contribution is -2.35. The Labute approximate surface area is 74.3 Å². The van der Waals surface area contributed by atoms with E-state index in [1.807, 2.05) is 11.6 Å². The van der Waals surface area contributed by atoms with Crippen LogP contribution < -0.4 is 0 Å². The molecule has 11 heavy (non-hydrogen) atoms. The summed E-state index contributed by atoms with van der Waals surface area (Å²) in [5.74, 6) is 1.88. The molecule has 0 N–H and O–H groups in total. The maximum absolute atomic E-state index is 5.72. The van der Waals surface area contributed by atoms with E-state index in [1.165, 1.54) is 5.75 Å². The molecule has 0 unspecified atom stereocenters. The highest BCUT2D eigenvalue weighted by Crippen LogP contribution is 2.34. The van der Waals surface area contributed by atoms with E-state index >= 15 is 0 Å². The molecule has 0 atom stereocenters. The SMILES string of the molecule is CC(C)B1OCC(C)(C)CS1. The average molecular weight is 172 g/mol. The van der Waals surface area contributed by atoms with E-state index in [-0.39, 0.29) is 0 Å². The van der Waals surface area contributed by atoms with Crippen LogP contribution in [0, 0.1) is 5.41 Å². The minimum Gasteiger partial charge on any atom is -0.425 e. The Morgan fingerprint density at radius 1 is 1.45 bits per heavy atom. The minimum atomic E-state index is 0.385.